The van der Waals surface area contributed by atoms with Gasteiger partial charge < -0.3 is 15.6 Å². The minimum Gasteiger partial charge on any atom is -0.347 e. The molecular formula is C10H16N4O3. The van der Waals surface area contributed by atoms with Crippen LogP contribution in [0.4, 0.5) is 5.69 Å². The van der Waals surface area contributed by atoms with Crippen LogP contribution in [0.15, 0.2) is 12.3 Å². The molecule has 0 fully saturated rings. The summed E-state index contributed by atoms with van der Waals surface area (Å²) in [6.07, 6.45) is 2.02. The van der Waals surface area contributed by atoms with Crippen molar-refractivity contribution < 1.29 is 9.72 Å². The normalized spacial score (nSPS) is 12.2. The van der Waals surface area contributed by atoms with E-state index >= 15 is 0 Å². The zero-order valence-electron chi connectivity index (χ0n) is 9.84. The Morgan fingerprint density at radius 3 is 2.76 bits per heavy atom. The highest BCUT2D eigenvalue weighted by Gasteiger charge is 2.18. The van der Waals surface area contributed by atoms with Crippen molar-refractivity contribution in [2.45, 2.75) is 19.4 Å². The van der Waals surface area contributed by atoms with Crippen molar-refractivity contribution in [3.63, 3.8) is 0 Å². The third-order valence-electron chi connectivity index (χ3n) is 2.55. The Hall–Kier alpha value is -1.89. The van der Waals surface area contributed by atoms with E-state index in [-0.39, 0.29) is 23.3 Å². The first kappa shape index (κ1) is 13.2. The van der Waals surface area contributed by atoms with Gasteiger partial charge in [0, 0.05) is 25.7 Å². The van der Waals surface area contributed by atoms with E-state index in [4.69, 9.17) is 5.73 Å². The van der Waals surface area contributed by atoms with E-state index in [1.807, 2.05) is 6.92 Å². The van der Waals surface area contributed by atoms with E-state index in [9.17, 15) is 14.9 Å². The van der Waals surface area contributed by atoms with E-state index in [0.717, 1.165) is 6.42 Å². The van der Waals surface area contributed by atoms with E-state index in [0.29, 0.717) is 6.54 Å². The Morgan fingerprint density at radius 1 is 1.71 bits per heavy atom. The number of carbonyl (C=O) groups is 1. The largest absolute Gasteiger partial charge is 0.347 e. The van der Waals surface area contributed by atoms with Crippen molar-refractivity contribution in [2.24, 2.45) is 12.8 Å². The molecule has 0 saturated heterocycles. The average molecular weight is 240 g/mol. The van der Waals surface area contributed by atoms with Crippen LogP contribution in [0.5, 0.6) is 0 Å². The monoisotopic (exact) mass is 240 g/mol. The van der Waals surface area contributed by atoms with Crippen LogP contribution >= 0.6 is 0 Å². The second kappa shape index (κ2) is 5.44. The lowest BCUT2D eigenvalue weighted by Gasteiger charge is -2.14. The summed E-state index contributed by atoms with van der Waals surface area (Å²) in [5.41, 5.74) is 5.63. The number of rotatable bonds is 5. The second-order valence-electron chi connectivity index (χ2n) is 3.77. The smallest absolute Gasteiger partial charge is 0.287 e. The van der Waals surface area contributed by atoms with E-state index in [2.05, 4.69) is 5.32 Å². The molecule has 1 amide bonds. The fraction of sp³-hybridized carbons (Fsp3) is 0.500. The molecule has 1 unspecified atom stereocenters. The summed E-state index contributed by atoms with van der Waals surface area (Å²) >= 11 is 0. The molecule has 0 saturated carbocycles. The van der Waals surface area contributed by atoms with Gasteiger partial charge in [-0.1, -0.05) is 6.92 Å². The van der Waals surface area contributed by atoms with Gasteiger partial charge >= 0.3 is 0 Å². The van der Waals surface area contributed by atoms with Gasteiger partial charge in [0.25, 0.3) is 11.6 Å². The SMILES string of the molecule is CCC(CN)NC(=O)c1cc([N+](=O)[O-])cn1C. The van der Waals surface area contributed by atoms with Gasteiger partial charge in [0.2, 0.25) is 0 Å². The van der Waals surface area contributed by atoms with Crippen LogP contribution in [-0.4, -0.2) is 28.0 Å². The number of nitro groups is 1. The summed E-state index contributed by atoms with van der Waals surface area (Å²) in [6.45, 7) is 2.25. The zero-order valence-corrected chi connectivity index (χ0v) is 9.84. The second-order valence-corrected chi connectivity index (χ2v) is 3.77. The van der Waals surface area contributed by atoms with Crippen LogP contribution in [0.2, 0.25) is 0 Å². The van der Waals surface area contributed by atoms with Crippen LogP contribution in [0.1, 0.15) is 23.8 Å². The molecule has 0 aliphatic heterocycles. The number of nitrogens with zero attached hydrogens (tertiary/aromatic N) is 2. The highest BCUT2D eigenvalue weighted by molar-refractivity contribution is 5.93. The molecule has 0 bridgehead atoms. The molecule has 0 aliphatic carbocycles. The molecule has 0 aliphatic rings. The van der Waals surface area contributed by atoms with Crippen molar-refractivity contribution in [1.29, 1.82) is 0 Å². The van der Waals surface area contributed by atoms with Gasteiger partial charge in [0.05, 0.1) is 11.1 Å². The first-order chi connectivity index (χ1) is 7.99. The van der Waals surface area contributed by atoms with Gasteiger partial charge in [-0.25, -0.2) is 0 Å². The van der Waals surface area contributed by atoms with Gasteiger partial charge in [-0.05, 0) is 6.42 Å². The van der Waals surface area contributed by atoms with Crippen molar-refractivity contribution in [1.82, 2.24) is 9.88 Å². The van der Waals surface area contributed by atoms with Crippen molar-refractivity contribution >= 4 is 11.6 Å². The lowest BCUT2D eigenvalue weighted by molar-refractivity contribution is -0.384. The quantitative estimate of drug-likeness (QED) is 0.574. The van der Waals surface area contributed by atoms with Crippen molar-refractivity contribution in [2.75, 3.05) is 6.54 Å². The molecule has 1 atom stereocenters. The van der Waals surface area contributed by atoms with Crippen LogP contribution in [-0.2, 0) is 7.05 Å². The highest BCUT2D eigenvalue weighted by Crippen LogP contribution is 2.15. The summed E-state index contributed by atoms with van der Waals surface area (Å²) in [4.78, 5) is 21.9. The minimum atomic E-state index is -0.531. The number of aryl methyl sites for hydroxylation is 1. The first-order valence-corrected chi connectivity index (χ1v) is 5.31. The van der Waals surface area contributed by atoms with E-state index < -0.39 is 4.92 Å². The molecule has 0 radical (unpaired) electrons. The number of hydrogen-bond donors (Lipinski definition) is 2. The average Bonchev–Trinajstić information content (AvgIpc) is 2.68. The third kappa shape index (κ3) is 3.04. The number of nitrogens with two attached hydrogens (primary N) is 1. The maximum absolute atomic E-state index is 11.8. The highest BCUT2D eigenvalue weighted by atomic mass is 16.6. The van der Waals surface area contributed by atoms with Crippen molar-refractivity contribution in [3.05, 3.63) is 28.1 Å². The summed E-state index contributed by atoms with van der Waals surface area (Å²) < 4.78 is 1.43. The lowest BCUT2D eigenvalue weighted by Crippen LogP contribution is -2.40. The maximum Gasteiger partial charge on any atom is 0.287 e. The van der Waals surface area contributed by atoms with Gasteiger partial charge in [-0.15, -0.1) is 0 Å². The molecule has 0 spiro atoms. The Labute approximate surface area is 98.7 Å². The van der Waals surface area contributed by atoms with Crippen LogP contribution < -0.4 is 11.1 Å². The topological polar surface area (TPSA) is 103 Å². The number of aromatic nitrogens is 1. The predicted octanol–water partition coefficient (Wildman–Crippen LogP) is 0.400. The zero-order chi connectivity index (χ0) is 13.0. The van der Waals surface area contributed by atoms with E-state index in [1.54, 1.807) is 7.05 Å². The molecule has 94 valence electrons. The number of amides is 1. The van der Waals surface area contributed by atoms with Crippen LogP contribution in [0, 0.1) is 10.1 Å². The van der Waals surface area contributed by atoms with Crippen molar-refractivity contribution in [3.8, 4) is 0 Å². The molecule has 1 aromatic heterocycles. The fourth-order valence-electron chi connectivity index (χ4n) is 1.46. The molecule has 0 aromatic carbocycles. The minimum absolute atomic E-state index is 0.0987. The molecular weight excluding hydrogens is 224 g/mol. The van der Waals surface area contributed by atoms with E-state index in [1.165, 1.54) is 16.8 Å². The number of carbonyl (C=O) groups excluding carboxylic acids is 1. The number of hydrogen-bond acceptors (Lipinski definition) is 4. The van der Waals surface area contributed by atoms with Gasteiger partial charge in [0.1, 0.15) is 5.69 Å². The molecule has 7 nitrogen and oxygen atoms in total. The Kier molecular flexibility index (Phi) is 4.22. The summed E-state index contributed by atoms with van der Waals surface area (Å²) in [5.74, 6) is -0.349. The molecule has 7 heteroatoms. The molecule has 1 rings (SSSR count). The standard InChI is InChI=1S/C10H16N4O3/c1-3-7(5-11)12-10(15)9-4-8(14(16)17)6-13(9)2/h4,6-7H,3,5,11H2,1-2H3,(H,12,15). The Balaban J connectivity index is 2.85. The van der Waals surface area contributed by atoms with Crippen LogP contribution in [0.25, 0.3) is 0 Å². The third-order valence-corrected chi connectivity index (χ3v) is 2.55. The Morgan fingerprint density at radius 2 is 2.35 bits per heavy atom. The fourth-order valence-corrected chi connectivity index (χ4v) is 1.46. The summed E-state index contributed by atoms with van der Waals surface area (Å²) in [6, 6.07) is 1.13. The predicted molar refractivity (Wildman–Crippen MR) is 62.7 cm³/mol. The Bertz CT molecular complexity index is 423. The summed E-state index contributed by atoms with van der Waals surface area (Å²) in [5, 5.41) is 13.3. The molecule has 1 heterocycles. The molecule has 1 aromatic rings. The van der Waals surface area contributed by atoms with Gasteiger partial charge in [-0.2, -0.15) is 0 Å². The summed E-state index contributed by atoms with van der Waals surface area (Å²) in [7, 11) is 1.59. The van der Waals surface area contributed by atoms with Gasteiger partial charge in [0.15, 0.2) is 0 Å². The van der Waals surface area contributed by atoms with Crippen LogP contribution in [0.3, 0.4) is 0 Å². The first-order valence-electron chi connectivity index (χ1n) is 5.31. The molecule has 3 N–H and O–H groups in total. The molecule has 17 heavy (non-hydrogen) atoms. The number of nitrogens with one attached hydrogen (secondary N) is 1. The lowest BCUT2D eigenvalue weighted by atomic mass is 10.2. The van der Waals surface area contributed by atoms with Gasteiger partial charge in [-0.3, -0.25) is 14.9 Å². The maximum atomic E-state index is 11.8.